The van der Waals surface area contributed by atoms with E-state index in [1.54, 1.807) is 0 Å². The molecule has 0 saturated carbocycles. The van der Waals surface area contributed by atoms with E-state index in [0.29, 0.717) is 6.61 Å². The van der Waals surface area contributed by atoms with Crippen LogP contribution in [0.1, 0.15) is 26.7 Å². The zero-order chi connectivity index (χ0) is 8.97. The number of carbonyl (C=O) groups is 1. The number of hydrogen-bond donors (Lipinski definition) is 0. The lowest BCUT2D eigenvalue weighted by Crippen LogP contribution is -2.16. The van der Waals surface area contributed by atoms with Crippen molar-refractivity contribution in [3.05, 3.63) is 11.6 Å². The Labute approximate surface area is 72.4 Å². The highest BCUT2D eigenvalue weighted by molar-refractivity contribution is 5.85. The molecule has 3 nitrogen and oxygen atoms in total. The smallest absolute Gasteiger partial charge is 0.333 e. The molecule has 0 aromatic rings. The van der Waals surface area contributed by atoms with Gasteiger partial charge in [-0.05, 0) is 13.3 Å². The van der Waals surface area contributed by atoms with E-state index < -0.39 is 6.29 Å². The first-order valence-corrected chi connectivity index (χ1v) is 4.30. The summed E-state index contributed by atoms with van der Waals surface area (Å²) in [5.74, 6) is -0.281. The Morgan fingerprint density at radius 3 is 2.92 bits per heavy atom. The van der Waals surface area contributed by atoms with Gasteiger partial charge in [-0.15, -0.1) is 0 Å². The van der Waals surface area contributed by atoms with Crippen molar-refractivity contribution in [1.82, 2.24) is 0 Å². The maximum atomic E-state index is 10.8. The van der Waals surface area contributed by atoms with Crippen LogP contribution >= 0.6 is 0 Å². The van der Waals surface area contributed by atoms with Gasteiger partial charge in [-0.1, -0.05) is 13.3 Å². The summed E-state index contributed by atoms with van der Waals surface area (Å²) in [6, 6.07) is 0. The molecule has 0 aromatic carbocycles. The normalized spacial score (nSPS) is 22.3. The number of cyclic esters (lactones) is 1. The van der Waals surface area contributed by atoms with Gasteiger partial charge in [-0.2, -0.15) is 0 Å². The molecule has 0 N–H and O–H groups in total. The van der Waals surface area contributed by atoms with E-state index >= 15 is 0 Å². The van der Waals surface area contributed by atoms with Gasteiger partial charge in [0.25, 0.3) is 0 Å². The number of carbonyl (C=O) groups excluding carboxylic acids is 1. The third-order valence-electron chi connectivity index (χ3n) is 1.69. The number of hydrogen-bond acceptors (Lipinski definition) is 3. The van der Waals surface area contributed by atoms with Crippen LogP contribution in [0.4, 0.5) is 0 Å². The SMILES string of the molecule is CCCC1=CC(=O)OC1OCC. The molecule has 0 aromatic heterocycles. The Kier molecular flexibility index (Phi) is 3.29. The summed E-state index contributed by atoms with van der Waals surface area (Å²) in [4.78, 5) is 10.8. The van der Waals surface area contributed by atoms with Crippen molar-refractivity contribution >= 4 is 5.97 Å². The molecular formula is C9H14O3. The highest BCUT2D eigenvalue weighted by Gasteiger charge is 2.25. The van der Waals surface area contributed by atoms with Crippen LogP contribution in [0.25, 0.3) is 0 Å². The minimum Gasteiger partial charge on any atom is -0.428 e. The highest BCUT2D eigenvalue weighted by atomic mass is 16.7. The molecule has 0 amide bonds. The number of ether oxygens (including phenoxy) is 2. The van der Waals surface area contributed by atoms with Crippen LogP contribution in [-0.4, -0.2) is 18.9 Å². The van der Waals surface area contributed by atoms with Crippen molar-refractivity contribution in [3.8, 4) is 0 Å². The molecule has 0 bridgehead atoms. The summed E-state index contributed by atoms with van der Waals surface area (Å²) in [6.45, 7) is 4.52. The first kappa shape index (κ1) is 9.26. The van der Waals surface area contributed by atoms with Gasteiger partial charge in [-0.25, -0.2) is 4.79 Å². The van der Waals surface area contributed by atoms with E-state index in [2.05, 4.69) is 6.92 Å². The first-order chi connectivity index (χ1) is 5.77. The average Bonchev–Trinajstić information content (AvgIpc) is 2.33. The lowest BCUT2D eigenvalue weighted by Gasteiger charge is -2.12. The van der Waals surface area contributed by atoms with Gasteiger partial charge >= 0.3 is 5.97 Å². The van der Waals surface area contributed by atoms with Crippen LogP contribution in [0.15, 0.2) is 11.6 Å². The van der Waals surface area contributed by atoms with Gasteiger partial charge in [0.1, 0.15) is 0 Å². The second kappa shape index (κ2) is 4.26. The molecule has 3 heteroatoms. The van der Waals surface area contributed by atoms with Crippen LogP contribution in [-0.2, 0) is 14.3 Å². The fraction of sp³-hybridized carbons (Fsp3) is 0.667. The van der Waals surface area contributed by atoms with Crippen LogP contribution < -0.4 is 0 Å². The highest BCUT2D eigenvalue weighted by Crippen LogP contribution is 2.20. The second-order valence-electron chi connectivity index (χ2n) is 2.69. The van der Waals surface area contributed by atoms with E-state index in [0.717, 1.165) is 18.4 Å². The maximum absolute atomic E-state index is 10.8. The number of rotatable bonds is 4. The second-order valence-corrected chi connectivity index (χ2v) is 2.69. The quantitative estimate of drug-likeness (QED) is 0.601. The van der Waals surface area contributed by atoms with Crippen molar-refractivity contribution in [2.45, 2.75) is 33.0 Å². The molecule has 1 heterocycles. The molecule has 68 valence electrons. The summed E-state index contributed by atoms with van der Waals surface area (Å²) >= 11 is 0. The zero-order valence-electron chi connectivity index (χ0n) is 7.50. The zero-order valence-corrected chi connectivity index (χ0v) is 7.50. The van der Waals surface area contributed by atoms with E-state index in [1.165, 1.54) is 6.08 Å². The molecule has 0 radical (unpaired) electrons. The van der Waals surface area contributed by atoms with Gasteiger partial charge < -0.3 is 9.47 Å². The predicted octanol–water partition coefficient (Wildman–Crippen LogP) is 1.63. The van der Waals surface area contributed by atoms with E-state index in [1.807, 2.05) is 6.92 Å². The van der Waals surface area contributed by atoms with Gasteiger partial charge in [0.15, 0.2) is 0 Å². The monoisotopic (exact) mass is 170 g/mol. The molecular weight excluding hydrogens is 156 g/mol. The van der Waals surface area contributed by atoms with Gasteiger partial charge in [0, 0.05) is 18.3 Å². The van der Waals surface area contributed by atoms with Gasteiger partial charge in [0.2, 0.25) is 6.29 Å². The summed E-state index contributed by atoms with van der Waals surface area (Å²) in [6.07, 6.45) is 2.99. The van der Waals surface area contributed by atoms with Crippen molar-refractivity contribution < 1.29 is 14.3 Å². The van der Waals surface area contributed by atoms with Crippen LogP contribution in [0.5, 0.6) is 0 Å². The third kappa shape index (κ3) is 2.08. The lowest BCUT2D eigenvalue weighted by molar-refractivity contribution is -0.158. The first-order valence-electron chi connectivity index (χ1n) is 4.30. The van der Waals surface area contributed by atoms with E-state index in [9.17, 15) is 4.79 Å². The Hall–Kier alpha value is -0.830. The van der Waals surface area contributed by atoms with Crippen molar-refractivity contribution in [1.29, 1.82) is 0 Å². The lowest BCUT2D eigenvalue weighted by atomic mass is 10.1. The molecule has 0 saturated heterocycles. The molecule has 1 aliphatic heterocycles. The fourth-order valence-corrected chi connectivity index (χ4v) is 1.21. The molecule has 0 aliphatic carbocycles. The summed E-state index contributed by atoms with van der Waals surface area (Å²) in [7, 11) is 0. The topological polar surface area (TPSA) is 35.5 Å². The van der Waals surface area contributed by atoms with Crippen molar-refractivity contribution in [2.24, 2.45) is 0 Å². The minimum absolute atomic E-state index is 0.281. The molecule has 1 atom stereocenters. The standard InChI is InChI=1S/C9H14O3/c1-3-5-7-6-8(10)12-9(7)11-4-2/h6,9H,3-5H2,1-2H3. The summed E-state index contributed by atoms with van der Waals surface area (Å²) in [5, 5.41) is 0. The molecule has 0 spiro atoms. The molecule has 1 aliphatic rings. The van der Waals surface area contributed by atoms with Crippen molar-refractivity contribution in [2.75, 3.05) is 6.61 Å². The Morgan fingerprint density at radius 1 is 1.58 bits per heavy atom. The minimum atomic E-state index is -0.414. The van der Waals surface area contributed by atoms with Gasteiger partial charge in [-0.3, -0.25) is 0 Å². The summed E-state index contributed by atoms with van der Waals surface area (Å²) in [5.41, 5.74) is 0.962. The Balaban J connectivity index is 2.53. The Bertz CT molecular complexity index is 196. The largest absolute Gasteiger partial charge is 0.428 e. The third-order valence-corrected chi connectivity index (χ3v) is 1.69. The fourth-order valence-electron chi connectivity index (χ4n) is 1.21. The molecule has 12 heavy (non-hydrogen) atoms. The maximum Gasteiger partial charge on any atom is 0.333 e. The predicted molar refractivity (Wildman–Crippen MR) is 44.5 cm³/mol. The molecule has 1 rings (SSSR count). The van der Waals surface area contributed by atoms with Crippen molar-refractivity contribution in [3.63, 3.8) is 0 Å². The molecule has 0 fully saturated rings. The van der Waals surface area contributed by atoms with E-state index in [-0.39, 0.29) is 5.97 Å². The number of esters is 1. The van der Waals surface area contributed by atoms with Crippen LogP contribution in [0.2, 0.25) is 0 Å². The summed E-state index contributed by atoms with van der Waals surface area (Å²) < 4.78 is 10.1. The average molecular weight is 170 g/mol. The van der Waals surface area contributed by atoms with E-state index in [4.69, 9.17) is 9.47 Å². The van der Waals surface area contributed by atoms with Crippen LogP contribution in [0, 0.1) is 0 Å². The van der Waals surface area contributed by atoms with Crippen LogP contribution in [0.3, 0.4) is 0 Å². The Morgan fingerprint density at radius 2 is 2.33 bits per heavy atom. The van der Waals surface area contributed by atoms with Gasteiger partial charge in [0.05, 0.1) is 0 Å². The molecule has 1 unspecified atom stereocenters.